The molecule has 0 amide bonds. The molecule has 4 rings (SSSR count). The van der Waals surface area contributed by atoms with Crippen LogP contribution in [0.3, 0.4) is 0 Å². The summed E-state index contributed by atoms with van der Waals surface area (Å²) in [6.07, 6.45) is 18.1. The normalized spacial score (nSPS) is 42.6. The van der Waals surface area contributed by atoms with Crippen molar-refractivity contribution in [3.63, 3.8) is 0 Å². The van der Waals surface area contributed by atoms with Gasteiger partial charge in [0.05, 0.1) is 0 Å². The van der Waals surface area contributed by atoms with Gasteiger partial charge in [-0.3, -0.25) is 0 Å². The van der Waals surface area contributed by atoms with Crippen LogP contribution < -0.4 is 0 Å². The van der Waals surface area contributed by atoms with Gasteiger partial charge in [0.15, 0.2) is 0 Å². The van der Waals surface area contributed by atoms with E-state index in [1.54, 1.807) is 0 Å². The highest BCUT2D eigenvalue weighted by Gasteiger charge is 2.55. The maximum Gasteiger partial charge on any atom is 0.120 e. The summed E-state index contributed by atoms with van der Waals surface area (Å²) in [6.45, 7) is 7.01. The van der Waals surface area contributed by atoms with Crippen LogP contribution in [0.5, 0.6) is 0 Å². The second-order valence-electron chi connectivity index (χ2n) is 6.41. The summed E-state index contributed by atoms with van der Waals surface area (Å²) in [6, 6.07) is 0. The molecular formula is C18H22O. The molecule has 1 heteroatoms. The molecular weight excluding hydrogens is 232 g/mol. The van der Waals surface area contributed by atoms with E-state index in [0.717, 1.165) is 11.7 Å². The van der Waals surface area contributed by atoms with Crippen LogP contribution in [-0.4, -0.2) is 6.10 Å². The van der Waals surface area contributed by atoms with Crippen LogP contribution in [0.4, 0.5) is 0 Å². The van der Waals surface area contributed by atoms with Gasteiger partial charge in [-0.25, -0.2) is 0 Å². The zero-order valence-corrected chi connectivity index (χ0v) is 12.0. The van der Waals surface area contributed by atoms with Gasteiger partial charge in [-0.15, -0.1) is 0 Å². The summed E-state index contributed by atoms with van der Waals surface area (Å²) in [5.74, 6) is 2.37. The van der Waals surface area contributed by atoms with Gasteiger partial charge >= 0.3 is 0 Å². The smallest absolute Gasteiger partial charge is 0.120 e. The zero-order valence-electron chi connectivity index (χ0n) is 12.0. The quantitative estimate of drug-likeness (QED) is 0.656. The van der Waals surface area contributed by atoms with Crippen molar-refractivity contribution in [2.45, 2.75) is 33.3 Å². The molecule has 4 aliphatic carbocycles. The minimum absolute atomic E-state index is 0.229. The van der Waals surface area contributed by atoms with E-state index in [1.807, 2.05) is 42.5 Å². The third-order valence-electron chi connectivity index (χ3n) is 4.95. The average molecular weight is 254 g/mol. The molecule has 1 fully saturated rings. The third kappa shape index (κ3) is 2.11. The molecule has 0 aromatic heterocycles. The Labute approximate surface area is 116 Å². The van der Waals surface area contributed by atoms with Crippen LogP contribution in [0, 0.1) is 17.3 Å². The van der Waals surface area contributed by atoms with Gasteiger partial charge in [-0.1, -0.05) is 49.8 Å². The molecule has 19 heavy (non-hydrogen) atoms. The number of fused-ring (bicyclic) bond motifs is 1. The van der Waals surface area contributed by atoms with Crippen LogP contribution in [0.15, 0.2) is 59.9 Å². The van der Waals surface area contributed by atoms with Crippen LogP contribution >= 0.6 is 0 Å². The molecule has 100 valence electrons. The van der Waals surface area contributed by atoms with E-state index in [1.165, 1.54) is 12.0 Å². The van der Waals surface area contributed by atoms with Crippen molar-refractivity contribution in [3.05, 3.63) is 59.9 Å². The van der Waals surface area contributed by atoms with Crippen molar-refractivity contribution in [2.24, 2.45) is 17.3 Å². The van der Waals surface area contributed by atoms with Crippen molar-refractivity contribution in [1.29, 1.82) is 0 Å². The van der Waals surface area contributed by atoms with Crippen molar-refractivity contribution in [2.75, 3.05) is 0 Å². The fourth-order valence-corrected chi connectivity index (χ4v) is 3.68. The van der Waals surface area contributed by atoms with E-state index in [2.05, 4.69) is 26.8 Å². The van der Waals surface area contributed by atoms with E-state index in [0.29, 0.717) is 11.3 Å². The highest BCUT2D eigenvalue weighted by Crippen LogP contribution is 2.59. The van der Waals surface area contributed by atoms with Crippen LogP contribution in [0.25, 0.3) is 0 Å². The first-order valence-electron chi connectivity index (χ1n) is 7.16. The molecule has 4 aliphatic rings. The summed E-state index contributed by atoms with van der Waals surface area (Å²) in [5.41, 5.74) is 1.90. The van der Waals surface area contributed by atoms with Gasteiger partial charge < -0.3 is 4.74 Å². The van der Waals surface area contributed by atoms with E-state index < -0.39 is 0 Å². The van der Waals surface area contributed by atoms with Crippen molar-refractivity contribution >= 4 is 0 Å². The first-order chi connectivity index (χ1) is 9.09. The Balaban J connectivity index is 1.79. The number of ether oxygens (including phenoxy) is 1. The summed E-state index contributed by atoms with van der Waals surface area (Å²) in [5, 5.41) is 0. The standard InChI is InChI=1S/C18H22O/c1-13-11-17(16-12-15(13)18(16,2)3)19-14-9-7-5-4-6-8-10-14/h4-11,15-17H,12H2,1-3H3/b5-4-,6-4?,7-5?,8-6-,9-7-,10-8?,14-9?,14-10+/t15-,16+,17+/m1/s1. The lowest BCUT2D eigenvalue weighted by atomic mass is 9.48. The molecule has 0 aromatic carbocycles. The molecule has 0 radical (unpaired) electrons. The molecule has 3 atom stereocenters. The molecule has 0 unspecified atom stereocenters. The largest absolute Gasteiger partial charge is 0.486 e. The average Bonchev–Trinajstić information content (AvgIpc) is 2.31. The number of hydrogen-bond donors (Lipinski definition) is 0. The van der Waals surface area contributed by atoms with Crippen LogP contribution in [-0.2, 0) is 4.74 Å². The zero-order chi connectivity index (χ0) is 13.5. The van der Waals surface area contributed by atoms with Crippen molar-refractivity contribution in [1.82, 2.24) is 0 Å². The fourth-order valence-electron chi connectivity index (χ4n) is 3.68. The molecule has 0 spiro atoms. The highest BCUT2D eigenvalue weighted by molar-refractivity contribution is 5.30. The molecule has 2 bridgehead atoms. The van der Waals surface area contributed by atoms with E-state index >= 15 is 0 Å². The Hall–Kier alpha value is -1.50. The Morgan fingerprint density at radius 1 is 1.11 bits per heavy atom. The molecule has 0 heterocycles. The van der Waals surface area contributed by atoms with Crippen LogP contribution in [0.2, 0.25) is 0 Å². The van der Waals surface area contributed by atoms with Crippen molar-refractivity contribution in [3.8, 4) is 0 Å². The van der Waals surface area contributed by atoms with Crippen molar-refractivity contribution < 1.29 is 4.74 Å². The number of rotatable bonds is 2. The number of allylic oxidation sites excluding steroid dienone is 8. The molecule has 1 nitrogen and oxygen atoms in total. The minimum atomic E-state index is 0.229. The summed E-state index contributed by atoms with van der Waals surface area (Å²) in [4.78, 5) is 0. The van der Waals surface area contributed by atoms with Gasteiger partial charge in [0.2, 0.25) is 0 Å². The Bertz CT molecular complexity index is 514. The molecule has 0 N–H and O–H groups in total. The first kappa shape index (κ1) is 12.5. The Kier molecular flexibility index (Phi) is 3.00. The predicted molar refractivity (Wildman–Crippen MR) is 79.5 cm³/mol. The Morgan fingerprint density at radius 3 is 2.58 bits per heavy atom. The van der Waals surface area contributed by atoms with Gasteiger partial charge in [0.25, 0.3) is 0 Å². The lowest BCUT2D eigenvalue weighted by Crippen LogP contribution is -2.54. The second-order valence-corrected chi connectivity index (χ2v) is 6.41. The molecule has 0 aromatic rings. The van der Waals surface area contributed by atoms with Gasteiger partial charge in [-0.2, -0.15) is 0 Å². The topological polar surface area (TPSA) is 9.23 Å². The van der Waals surface area contributed by atoms with Gasteiger partial charge in [-0.05, 0) is 42.9 Å². The third-order valence-corrected chi connectivity index (χ3v) is 4.95. The number of hydrogen-bond acceptors (Lipinski definition) is 1. The maximum absolute atomic E-state index is 6.24. The fraction of sp³-hybridized carbons (Fsp3) is 0.444. The molecule has 1 saturated carbocycles. The van der Waals surface area contributed by atoms with Gasteiger partial charge in [0.1, 0.15) is 11.9 Å². The molecule has 0 saturated heterocycles. The summed E-state index contributed by atoms with van der Waals surface area (Å²) < 4.78 is 6.24. The lowest BCUT2D eigenvalue weighted by molar-refractivity contribution is -0.0842. The van der Waals surface area contributed by atoms with E-state index in [4.69, 9.17) is 4.74 Å². The predicted octanol–water partition coefficient (Wildman–Crippen LogP) is 4.56. The molecule has 0 aliphatic heterocycles. The Morgan fingerprint density at radius 2 is 1.84 bits per heavy atom. The minimum Gasteiger partial charge on any atom is -0.486 e. The SMILES string of the molecule is CC1=C[C@H](OC2=C/C=C\C=C/C=C\2)[C@@H]2C[C@H]1C2(C)C. The summed E-state index contributed by atoms with van der Waals surface area (Å²) in [7, 11) is 0. The highest BCUT2D eigenvalue weighted by atomic mass is 16.5. The monoisotopic (exact) mass is 254 g/mol. The van der Waals surface area contributed by atoms with E-state index in [9.17, 15) is 0 Å². The second kappa shape index (κ2) is 4.56. The van der Waals surface area contributed by atoms with Gasteiger partial charge in [0, 0.05) is 5.92 Å². The maximum atomic E-state index is 6.24. The first-order valence-corrected chi connectivity index (χ1v) is 7.16. The lowest BCUT2D eigenvalue weighted by Gasteiger charge is -2.58. The van der Waals surface area contributed by atoms with E-state index in [-0.39, 0.29) is 6.10 Å². The van der Waals surface area contributed by atoms with Crippen LogP contribution in [0.1, 0.15) is 27.2 Å². The summed E-state index contributed by atoms with van der Waals surface area (Å²) >= 11 is 0.